The van der Waals surface area contributed by atoms with Crippen LogP contribution in [-0.2, 0) is 0 Å². The van der Waals surface area contributed by atoms with Gasteiger partial charge in [-0.2, -0.15) is 15.6 Å². The van der Waals surface area contributed by atoms with E-state index in [0.29, 0.717) is 5.56 Å². The topological polar surface area (TPSA) is 135 Å². The van der Waals surface area contributed by atoms with E-state index >= 15 is 0 Å². The lowest BCUT2D eigenvalue weighted by Gasteiger charge is -2.04. The minimum absolute atomic E-state index is 0.00152. The highest BCUT2D eigenvalue weighted by Gasteiger charge is 2.18. The van der Waals surface area contributed by atoms with Crippen molar-refractivity contribution in [2.75, 3.05) is 5.43 Å². The van der Waals surface area contributed by atoms with Crippen LogP contribution in [0.4, 0.5) is 11.4 Å². The van der Waals surface area contributed by atoms with Crippen molar-refractivity contribution in [1.82, 2.24) is 0 Å². The first-order valence-electron chi connectivity index (χ1n) is 6.26. The Hall–Kier alpha value is -3.91. The zero-order valence-electron chi connectivity index (χ0n) is 11.6. The molecule has 0 amide bonds. The van der Waals surface area contributed by atoms with Crippen molar-refractivity contribution >= 4 is 17.6 Å². The maximum Gasteiger partial charge on any atom is 0.295 e. The van der Waals surface area contributed by atoms with Gasteiger partial charge >= 0.3 is 0 Å². The van der Waals surface area contributed by atoms with E-state index in [1.807, 2.05) is 0 Å². The summed E-state index contributed by atoms with van der Waals surface area (Å²) in [7, 11) is 0. The van der Waals surface area contributed by atoms with Crippen molar-refractivity contribution in [3.05, 3.63) is 63.2 Å². The molecule has 0 aliphatic heterocycles. The average molecular weight is 307 g/mol. The van der Waals surface area contributed by atoms with Gasteiger partial charge in [0, 0.05) is 11.6 Å². The summed E-state index contributed by atoms with van der Waals surface area (Å²) in [6.07, 6.45) is 1.28. The van der Waals surface area contributed by atoms with Gasteiger partial charge in [0.25, 0.3) is 5.69 Å². The van der Waals surface area contributed by atoms with Crippen LogP contribution in [0.5, 0.6) is 5.75 Å². The lowest BCUT2D eigenvalue weighted by atomic mass is 10.1. The Balaban J connectivity index is 2.36. The number of nitriles is 2. The number of nitrogens with zero attached hydrogens (tertiary/aromatic N) is 4. The largest absolute Gasteiger partial charge is 0.507 e. The van der Waals surface area contributed by atoms with Gasteiger partial charge in [0.1, 0.15) is 23.6 Å². The maximum atomic E-state index is 11.1. The Morgan fingerprint density at radius 1 is 1.22 bits per heavy atom. The van der Waals surface area contributed by atoms with E-state index in [0.717, 1.165) is 6.07 Å². The van der Waals surface area contributed by atoms with Crippen molar-refractivity contribution in [3.8, 4) is 17.9 Å². The minimum atomic E-state index is -0.681. The average Bonchev–Trinajstić information content (AvgIpc) is 2.55. The van der Waals surface area contributed by atoms with Crippen molar-refractivity contribution in [2.45, 2.75) is 0 Å². The van der Waals surface area contributed by atoms with Crippen LogP contribution in [0.1, 0.15) is 16.7 Å². The standard InChI is InChI=1S/C15H9N5O3/c16-7-11-5-13(14(20(22)23)6-12(11)8-17)19-18-9-10-3-1-2-4-15(10)21/h1-6,9,19,21H/b18-9-. The molecule has 0 radical (unpaired) electrons. The molecule has 0 unspecified atom stereocenters. The van der Waals surface area contributed by atoms with Gasteiger partial charge in [-0.3, -0.25) is 15.5 Å². The van der Waals surface area contributed by atoms with Gasteiger partial charge in [-0.05, 0) is 18.2 Å². The third kappa shape index (κ3) is 3.40. The molecule has 2 rings (SSSR count). The van der Waals surface area contributed by atoms with Gasteiger partial charge < -0.3 is 5.11 Å². The molecule has 0 fully saturated rings. The SMILES string of the molecule is N#Cc1cc(N/N=C\c2ccccc2O)c([N+](=O)[O-])cc1C#N. The Morgan fingerprint density at radius 3 is 2.48 bits per heavy atom. The van der Waals surface area contributed by atoms with Crippen molar-refractivity contribution in [2.24, 2.45) is 5.10 Å². The zero-order valence-corrected chi connectivity index (χ0v) is 11.6. The van der Waals surface area contributed by atoms with Crippen molar-refractivity contribution in [3.63, 3.8) is 0 Å². The number of phenolic OH excluding ortho intramolecular Hbond substituents is 1. The molecule has 2 N–H and O–H groups in total. The minimum Gasteiger partial charge on any atom is -0.507 e. The predicted molar refractivity (Wildman–Crippen MR) is 81.8 cm³/mol. The number of anilines is 1. The van der Waals surface area contributed by atoms with E-state index in [9.17, 15) is 15.2 Å². The molecule has 2 aromatic rings. The number of nitro groups is 1. The number of hydrogen-bond acceptors (Lipinski definition) is 7. The molecule has 0 spiro atoms. The predicted octanol–water partition coefficient (Wildman–Crippen LogP) is 2.49. The fraction of sp³-hybridized carbons (Fsp3) is 0. The van der Waals surface area contributed by atoms with Crippen LogP contribution in [-0.4, -0.2) is 16.2 Å². The summed E-state index contributed by atoms with van der Waals surface area (Å²) in [6.45, 7) is 0. The Kier molecular flexibility index (Phi) is 4.51. The van der Waals surface area contributed by atoms with E-state index in [1.165, 1.54) is 18.3 Å². The summed E-state index contributed by atoms with van der Waals surface area (Å²) < 4.78 is 0. The molecule has 112 valence electrons. The Morgan fingerprint density at radius 2 is 1.87 bits per heavy atom. The number of rotatable bonds is 4. The van der Waals surface area contributed by atoms with E-state index in [4.69, 9.17) is 10.5 Å². The summed E-state index contributed by atoms with van der Waals surface area (Å²) in [6, 6.07) is 12.1. The number of hydrogen-bond donors (Lipinski definition) is 2. The summed E-state index contributed by atoms with van der Waals surface area (Å²) in [4.78, 5) is 10.4. The summed E-state index contributed by atoms with van der Waals surface area (Å²) in [5, 5.41) is 42.3. The molecule has 0 saturated heterocycles. The number of benzene rings is 2. The second-order valence-corrected chi connectivity index (χ2v) is 4.32. The summed E-state index contributed by atoms with van der Waals surface area (Å²) in [5.74, 6) is 0.00471. The monoisotopic (exact) mass is 307 g/mol. The van der Waals surface area contributed by atoms with E-state index in [2.05, 4.69) is 10.5 Å². The third-order valence-electron chi connectivity index (χ3n) is 2.90. The number of para-hydroxylation sites is 1. The van der Waals surface area contributed by atoms with E-state index in [-0.39, 0.29) is 28.3 Å². The molecular formula is C15H9N5O3. The highest BCUT2D eigenvalue weighted by Crippen LogP contribution is 2.28. The fourth-order valence-electron chi connectivity index (χ4n) is 1.78. The van der Waals surface area contributed by atoms with Crippen molar-refractivity contribution < 1.29 is 10.0 Å². The van der Waals surface area contributed by atoms with Crippen LogP contribution in [0.2, 0.25) is 0 Å². The first-order valence-corrected chi connectivity index (χ1v) is 6.26. The lowest BCUT2D eigenvalue weighted by molar-refractivity contribution is -0.384. The zero-order chi connectivity index (χ0) is 16.8. The van der Waals surface area contributed by atoms with Crippen LogP contribution in [0.25, 0.3) is 0 Å². The van der Waals surface area contributed by atoms with Crippen LogP contribution in [0, 0.1) is 32.8 Å². The van der Waals surface area contributed by atoms with Gasteiger partial charge in [0.2, 0.25) is 0 Å². The first kappa shape index (κ1) is 15.5. The Bertz CT molecular complexity index is 878. The van der Waals surface area contributed by atoms with Gasteiger partial charge in [0.15, 0.2) is 0 Å². The molecule has 0 atom stereocenters. The number of nitrogens with one attached hydrogen (secondary N) is 1. The van der Waals surface area contributed by atoms with Gasteiger partial charge in [-0.25, -0.2) is 0 Å². The summed E-state index contributed by atoms with van der Waals surface area (Å²) >= 11 is 0. The molecule has 0 aromatic heterocycles. The number of aromatic hydroxyl groups is 1. The molecule has 8 nitrogen and oxygen atoms in total. The maximum absolute atomic E-state index is 11.1. The molecule has 2 aromatic carbocycles. The smallest absolute Gasteiger partial charge is 0.295 e. The third-order valence-corrected chi connectivity index (χ3v) is 2.90. The van der Waals surface area contributed by atoms with Crippen LogP contribution in [0.3, 0.4) is 0 Å². The molecule has 8 heteroatoms. The van der Waals surface area contributed by atoms with Crippen LogP contribution >= 0.6 is 0 Å². The summed E-state index contributed by atoms with van der Waals surface area (Å²) in [5.41, 5.74) is 2.37. The van der Waals surface area contributed by atoms with Gasteiger partial charge in [0.05, 0.1) is 22.3 Å². The molecule has 0 aliphatic carbocycles. The first-order chi connectivity index (χ1) is 11.1. The van der Waals surface area contributed by atoms with Crippen LogP contribution in [0.15, 0.2) is 41.5 Å². The quantitative estimate of drug-likeness (QED) is 0.506. The molecule has 0 heterocycles. The second-order valence-electron chi connectivity index (χ2n) is 4.32. The van der Waals surface area contributed by atoms with Gasteiger partial charge in [-0.15, -0.1) is 0 Å². The Labute approximate surface area is 130 Å². The number of hydrazone groups is 1. The van der Waals surface area contributed by atoms with E-state index < -0.39 is 4.92 Å². The molecule has 23 heavy (non-hydrogen) atoms. The normalized spacial score (nSPS) is 10.0. The molecular weight excluding hydrogens is 298 g/mol. The second kappa shape index (κ2) is 6.70. The number of nitro benzene ring substituents is 1. The molecule has 0 saturated carbocycles. The molecule has 0 aliphatic rings. The molecule has 0 bridgehead atoms. The van der Waals surface area contributed by atoms with Crippen molar-refractivity contribution in [1.29, 1.82) is 10.5 Å². The highest BCUT2D eigenvalue weighted by atomic mass is 16.6. The van der Waals surface area contributed by atoms with Gasteiger partial charge in [-0.1, -0.05) is 12.1 Å². The fourth-order valence-corrected chi connectivity index (χ4v) is 1.78. The van der Waals surface area contributed by atoms with Crippen LogP contribution < -0.4 is 5.43 Å². The lowest BCUT2D eigenvalue weighted by Crippen LogP contribution is -1.99. The number of phenols is 1. The van der Waals surface area contributed by atoms with E-state index in [1.54, 1.807) is 30.3 Å². The highest BCUT2D eigenvalue weighted by molar-refractivity contribution is 5.84.